The van der Waals surface area contributed by atoms with Crippen molar-refractivity contribution in [1.29, 1.82) is 0 Å². The zero-order valence-corrected chi connectivity index (χ0v) is 9.81. The third-order valence-electron chi connectivity index (χ3n) is 2.07. The van der Waals surface area contributed by atoms with E-state index in [1.165, 1.54) is 20.3 Å². The number of hydrogen-bond donors (Lipinski definition) is 1. The summed E-state index contributed by atoms with van der Waals surface area (Å²) >= 11 is 0. The Morgan fingerprint density at radius 1 is 1.25 bits per heavy atom. The highest BCUT2D eigenvalue weighted by Crippen LogP contribution is 2.31. The molecular formula is C10H14ClF2NO2. The van der Waals surface area contributed by atoms with Gasteiger partial charge in [-0.1, -0.05) is 0 Å². The molecule has 0 saturated heterocycles. The Morgan fingerprint density at radius 3 is 2.19 bits per heavy atom. The molecule has 0 spiro atoms. The van der Waals surface area contributed by atoms with Crippen LogP contribution < -0.4 is 15.2 Å². The first kappa shape index (κ1) is 14.9. The lowest BCUT2D eigenvalue weighted by Crippen LogP contribution is -2.14. The lowest BCUT2D eigenvalue weighted by Gasteiger charge is -2.13. The van der Waals surface area contributed by atoms with Gasteiger partial charge >= 0.3 is 0 Å². The smallest absolute Gasteiger partial charge is 0.163 e. The van der Waals surface area contributed by atoms with Crippen molar-refractivity contribution in [2.45, 2.75) is 6.04 Å². The van der Waals surface area contributed by atoms with E-state index >= 15 is 0 Å². The van der Waals surface area contributed by atoms with Crippen molar-refractivity contribution in [3.05, 3.63) is 23.5 Å². The fraction of sp³-hybridized carbons (Fsp3) is 0.400. The molecule has 1 atom stereocenters. The average molecular weight is 254 g/mol. The van der Waals surface area contributed by atoms with Gasteiger partial charge in [-0.2, -0.15) is 0 Å². The van der Waals surface area contributed by atoms with Gasteiger partial charge in [-0.25, -0.2) is 8.78 Å². The molecule has 0 saturated carbocycles. The summed E-state index contributed by atoms with van der Waals surface area (Å²) in [6.07, 6.45) is 0. The highest BCUT2D eigenvalue weighted by molar-refractivity contribution is 5.85. The molecule has 0 aliphatic rings. The van der Waals surface area contributed by atoms with Crippen LogP contribution in [-0.4, -0.2) is 20.9 Å². The summed E-state index contributed by atoms with van der Waals surface area (Å²) in [6.45, 7) is -0.827. The van der Waals surface area contributed by atoms with Crippen LogP contribution in [0.3, 0.4) is 0 Å². The van der Waals surface area contributed by atoms with Crippen molar-refractivity contribution in [3.63, 3.8) is 0 Å². The molecule has 0 aliphatic heterocycles. The van der Waals surface area contributed by atoms with Gasteiger partial charge in [0.25, 0.3) is 0 Å². The van der Waals surface area contributed by atoms with Gasteiger partial charge in [-0.3, -0.25) is 0 Å². The molecule has 0 heterocycles. The number of alkyl halides is 1. The third kappa shape index (κ3) is 2.96. The second kappa shape index (κ2) is 6.50. The molecule has 2 N–H and O–H groups in total. The van der Waals surface area contributed by atoms with Crippen molar-refractivity contribution >= 4 is 12.4 Å². The third-order valence-corrected chi connectivity index (χ3v) is 2.07. The molecule has 0 amide bonds. The van der Waals surface area contributed by atoms with E-state index in [2.05, 4.69) is 0 Å². The molecule has 92 valence electrons. The normalized spacial score (nSPS) is 11.6. The molecule has 1 aromatic carbocycles. The van der Waals surface area contributed by atoms with E-state index in [1.54, 1.807) is 0 Å². The zero-order valence-electron chi connectivity index (χ0n) is 9.00. The maximum Gasteiger partial charge on any atom is 0.163 e. The minimum atomic E-state index is -0.982. The molecule has 3 nitrogen and oxygen atoms in total. The Balaban J connectivity index is 0.00000225. The minimum Gasteiger partial charge on any atom is -0.493 e. The number of methoxy groups -OCH3 is 2. The second-order valence-corrected chi connectivity index (χ2v) is 2.99. The van der Waals surface area contributed by atoms with Crippen molar-refractivity contribution in [2.75, 3.05) is 20.9 Å². The predicted octanol–water partition coefficient (Wildman–Crippen LogP) is 2.23. The van der Waals surface area contributed by atoms with Gasteiger partial charge in [0.1, 0.15) is 12.5 Å². The summed E-state index contributed by atoms with van der Waals surface area (Å²) < 4.78 is 35.6. The van der Waals surface area contributed by atoms with Crippen LogP contribution >= 0.6 is 12.4 Å². The van der Waals surface area contributed by atoms with Crippen molar-refractivity contribution in [2.24, 2.45) is 5.73 Å². The van der Waals surface area contributed by atoms with Crippen LogP contribution in [0.2, 0.25) is 0 Å². The highest BCUT2D eigenvalue weighted by atomic mass is 35.5. The van der Waals surface area contributed by atoms with Gasteiger partial charge in [0.15, 0.2) is 11.5 Å². The number of rotatable bonds is 4. The molecule has 1 rings (SSSR count). The van der Waals surface area contributed by atoms with Gasteiger partial charge in [0.05, 0.1) is 20.3 Å². The molecule has 6 heteroatoms. The standard InChI is InChI=1S/C10H13F2NO2.ClH/c1-14-9-3-6(8(13)5-11)7(12)4-10(9)15-2;/h3-4,8H,5,13H2,1-2H3;1H/t8-;/m1./s1. The van der Waals surface area contributed by atoms with E-state index in [4.69, 9.17) is 15.2 Å². The van der Waals surface area contributed by atoms with Gasteiger partial charge in [-0.05, 0) is 6.07 Å². The number of ether oxygens (including phenoxy) is 2. The fourth-order valence-electron chi connectivity index (χ4n) is 1.24. The van der Waals surface area contributed by atoms with E-state index in [0.717, 1.165) is 6.07 Å². The molecule has 0 aromatic heterocycles. The number of nitrogens with two attached hydrogens (primary N) is 1. The summed E-state index contributed by atoms with van der Waals surface area (Å²) in [5.74, 6) is -0.0135. The van der Waals surface area contributed by atoms with Crippen LogP contribution in [0, 0.1) is 5.82 Å². The number of halogens is 3. The molecule has 0 unspecified atom stereocenters. The first-order valence-corrected chi connectivity index (χ1v) is 4.37. The minimum absolute atomic E-state index is 0. The van der Waals surface area contributed by atoms with E-state index in [1.807, 2.05) is 0 Å². The Kier molecular flexibility index (Phi) is 6.06. The van der Waals surface area contributed by atoms with E-state index in [0.29, 0.717) is 5.75 Å². The largest absolute Gasteiger partial charge is 0.493 e. The topological polar surface area (TPSA) is 44.5 Å². The summed E-state index contributed by atoms with van der Waals surface area (Å²) in [5.41, 5.74) is 5.48. The predicted molar refractivity (Wildman–Crippen MR) is 59.7 cm³/mol. The summed E-state index contributed by atoms with van der Waals surface area (Å²) in [7, 11) is 2.81. The van der Waals surface area contributed by atoms with E-state index in [9.17, 15) is 8.78 Å². The number of benzene rings is 1. The fourth-order valence-corrected chi connectivity index (χ4v) is 1.24. The zero-order chi connectivity index (χ0) is 11.4. The first-order chi connectivity index (χ1) is 7.13. The van der Waals surface area contributed by atoms with Crippen molar-refractivity contribution < 1.29 is 18.3 Å². The van der Waals surface area contributed by atoms with Gasteiger partial charge in [-0.15, -0.1) is 12.4 Å². The lowest BCUT2D eigenvalue weighted by molar-refractivity contribution is 0.349. The Morgan fingerprint density at radius 2 is 1.75 bits per heavy atom. The molecule has 0 fully saturated rings. The second-order valence-electron chi connectivity index (χ2n) is 2.99. The van der Waals surface area contributed by atoms with Gasteiger partial charge < -0.3 is 15.2 Å². The van der Waals surface area contributed by atoms with Crippen molar-refractivity contribution in [3.8, 4) is 11.5 Å². The van der Waals surface area contributed by atoms with E-state index in [-0.39, 0.29) is 23.7 Å². The average Bonchev–Trinajstić information content (AvgIpc) is 2.27. The first-order valence-electron chi connectivity index (χ1n) is 4.37. The highest BCUT2D eigenvalue weighted by Gasteiger charge is 2.16. The van der Waals surface area contributed by atoms with Crippen LogP contribution in [0.25, 0.3) is 0 Å². The van der Waals surface area contributed by atoms with Crippen LogP contribution in [0.1, 0.15) is 11.6 Å². The maximum atomic E-state index is 13.4. The molecular weight excluding hydrogens is 240 g/mol. The van der Waals surface area contributed by atoms with Crippen LogP contribution in [0.15, 0.2) is 12.1 Å². The quantitative estimate of drug-likeness (QED) is 0.895. The molecule has 16 heavy (non-hydrogen) atoms. The Hall–Kier alpha value is -1.07. The van der Waals surface area contributed by atoms with E-state index < -0.39 is 18.5 Å². The monoisotopic (exact) mass is 253 g/mol. The molecule has 0 aliphatic carbocycles. The summed E-state index contributed by atoms with van der Waals surface area (Å²) in [6, 6.07) is 1.49. The molecule has 0 bridgehead atoms. The summed E-state index contributed by atoms with van der Waals surface area (Å²) in [5, 5.41) is 0. The van der Waals surface area contributed by atoms with Gasteiger partial charge in [0, 0.05) is 11.6 Å². The SMILES string of the molecule is COc1cc(F)c([C@H](N)CF)cc1OC.Cl. The summed E-state index contributed by atoms with van der Waals surface area (Å²) in [4.78, 5) is 0. The lowest BCUT2D eigenvalue weighted by atomic mass is 10.1. The van der Waals surface area contributed by atoms with Crippen LogP contribution in [0.4, 0.5) is 8.78 Å². The van der Waals surface area contributed by atoms with Crippen LogP contribution in [0.5, 0.6) is 11.5 Å². The maximum absolute atomic E-state index is 13.4. The van der Waals surface area contributed by atoms with Crippen LogP contribution in [-0.2, 0) is 0 Å². The van der Waals surface area contributed by atoms with Gasteiger partial charge in [0.2, 0.25) is 0 Å². The molecule has 1 aromatic rings. The molecule has 0 radical (unpaired) electrons. The number of hydrogen-bond acceptors (Lipinski definition) is 3. The Labute approximate surface area is 98.9 Å². The van der Waals surface area contributed by atoms with Crippen molar-refractivity contribution in [1.82, 2.24) is 0 Å². The Bertz CT molecular complexity index is 350.